The molecule has 2 nitrogen and oxygen atoms in total. The molecule has 3 atom stereocenters. The second kappa shape index (κ2) is 5.34. The summed E-state index contributed by atoms with van der Waals surface area (Å²) in [6.45, 7) is 3.14. The molecule has 0 aromatic heterocycles. The number of fused-ring (bicyclic) bond motifs is 1. The van der Waals surface area contributed by atoms with Crippen molar-refractivity contribution in [3.63, 3.8) is 0 Å². The quantitative estimate of drug-likeness (QED) is 0.878. The maximum absolute atomic E-state index is 6.18. The van der Waals surface area contributed by atoms with Gasteiger partial charge in [0.2, 0.25) is 0 Å². The standard InChI is InChI=1S/C16H22ClNO/c1-3-18-16(12-7-10-6-11(10)8-12)14-9-13(17)4-5-15(14)19-2/h4-5,9-12,16,18H,3,6-8H2,1-2H3. The first-order valence-electron chi connectivity index (χ1n) is 7.29. The molecule has 0 spiro atoms. The molecule has 104 valence electrons. The second-order valence-electron chi connectivity index (χ2n) is 5.91. The van der Waals surface area contributed by atoms with Crippen molar-refractivity contribution in [2.45, 2.75) is 32.2 Å². The Morgan fingerprint density at radius 2 is 2.05 bits per heavy atom. The summed E-state index contributed by atoms with van der Waals surface area (Å²) in [5, 5.41) is 4.44. The van der Waals surface area contributed by atoms with Crippen LogP contribution in [0.1, 0.15) is 37.8 Å². The summed E-state index contributed by atoms with van der Waals surface area (Å²) < 4.78 is 5.53. The SMILES string of the molecule is CCNC(c1cc(Cl)ccc1OC)C1CC2CC2C1. The van der Waals surface area contributed by atoms with Gasteiger partial charge in [-0.05, 0) is 61.8 Å². The van der Waals surface area contributed by atoms with Crippen LogP contribution < -0.4 is 10.1 Å². The Balaban J connectivity index is 1.88. The molecule has 2 aliphatic rings. The van der Waals surface area contributed by atoms with E-state index in [4.69, 9.17) is 16.3 Å². The van der Waals surface area contributed by atoms with Crippen LogP contribution in [0.5, 0.6) is 5.75 Å². The number of hydrogen-bond donors (Lipinski definition) is 1. The highest BCUT2D eigenvalue weighted by Crippen LogP contribution is 2.57. The van der Waals surface area contributed by atoms with Gasteiger partial charge in [0.15, 0.2) is 0 Å². The first-order chi connectivity index (χ1) is 9.22. The van der Waals surface area contributed by atoms with E-state index in [1.165, 1.54) is 24.8 Å². The van der Waals surface area contributed by atoms with E-state index in [1.54, 1.807) is 7.11 Å². The van der Waals surface area contributed by atoms with Crippen molar-refractivity contribution < 1.29 is 4.74 Å². The van der Waals surface area contributed by atoms with E-state index in [0.717, 1.165) is 35.1 Å². The maximum Gasteiger partial charge on any atom is 0.123 e. The van der Waals surface area contributed by atoms with Crippen molar-refractivity contribution in [2.75, 3.05) is 13.7 Å². The predicted molar refractivity (Wildman–Crippen MR) is 78.7 cm³/mol. The molecule has 1 aromatic rings. The Hall–Kier alpha value is -0.730. The van der Waals surface area contributed by atoms with Crippen molar-refractivity contribution in [3.05, 3.63) is 28.8 Å². The van der Waals surface area contributed by atoms with Gasteiger partial charge in [0.1, 0.15) is 5.75 Å². The normalized spacial score (nSPS) is 29.9. The van der Waals surface area contributed by atoms with Gasteiger partial charge in [-0.2, -0.15) is 0 Å². The summed E-state index contributed by atoms with van der Waals surface area (Å²) in [6.07, 6.45) is 4.18. The van der Waals surface area contributed by atoms with Crippen molar-refractivity contribution >= 4 is 11.6 Å². The van der Waals surface area contributed by atoms with Crippen molar-refractivity contribution in [3.8, 4) is 5.75 Å². The summed E-state index contributed by atoms with van der Waals surface area (Å²) in [4.78, 5) is 0. The van der Waals surface area contributed by atoms with Gasteiger partial charge in [0, 0.05) is 16.6 Å². The fourth-order valence-corrected chi connectivity index (χ4v) is 3.91. The van der Waals surface area contributed by atoms with Crippen LogP contribution in [0.3, 0.4) is 0 Å². The van der Waals surface area contributed by atoms with E-state index in [9.17, 15) is 0 Å². The van der Waals surface area contributed by atoms with Gasteiger partial charge in [-0.15, -0.1) is 0 Å². The lowest BCUT2D eigenvalue weighted by atomic mass is 9.88. The minimum Gasteiger partial charge on any atom is -0.496 e. The molecule has 2 saturated carbocycles. The first-order valence-corrected chi connectivity index (χ1v) is 7.67. The predicted octanol–water partition coefficient (Wildman–Crippen LogP) is 4.05. The fourth-order valence-electron chi connectivity index (χ4n) is 3.73. The third-order valence-electron chi connectivity index (χ3n) is 4.70. The van der Waals surface area contributed by atoms with Gasteiger partial charge in [-0.25, -0.2) is 0 Å². The van der Waals surface area contributed by atoms with Gasteiger partial charge in [0.05, 0.1) is 7.11 Å². The van der Waals surface area contributed by atoms with E-state index in [-0.39, 0.29) is 0 Å². The van der Waals surface area contributed by atoms with Crippen molar-refractivity contribution in [1.82, 2.24) is 5.32 Å². The molecule has 2 fully saturated rings. The molecule has 0 bridgehead atoms. The summed E-state index contributed by atoms with van der Waals surface area (Å²) >= 11 is 6.18. The molecule has 0 aliphatic heterocycles. The summed E-state index contributed by atoms with van der Waals surface area (Å²) in [7, 11) is 1.74. The lowest BCUT2D eigenvalue weighted by molar-refractivity contribution is 0.330. The highest BCUT2D eigenvalue weighted by Gasteiger charge is 2.48. The number of hydrogen-bond acceptors (Lipinski definition) is 2. The monoisotopic (exact) mass is 279 g/mol. The summed E-state index contributed by atoms with van der Waals surface area (Å²) in [5.74, 6) is 3.68. The average molecular weight is 280 g/mol. The Bertz CT molecular complexity index is 452. The molecule has 1 N–H and O–H groups in total. The van der Waals surface area contributed by atoms with E-state index in [2.05, 4.69) is 18.3 Å². The summed E-state index contributed by atoms with van der Waals surface area (Å²) in [5.41, 5.74) is 1.23. The van der Waals surface area contributed by atoms with Gasteiger partial charge < -0.3 is 10.1 Å². The molecule has 0 amide bonds. The number of benzene rings is 1. The molecule has 0 radical (unpaired) electrons. The molecule has 0 saturated heterocycles. The van der Waals surface area contributed by atoms with Crippen LogP contribution in [0.4, 0.5) is 0 Å². The molecular formula is C16H22ClNO. The largest absolute Gasteiger partial charge is 0.496 e. The maximum atomic E-state index is 6.18. The second-order valence-corrected chi connectivity index (χ2v) is 6.35. The van der Waals surface area contributed by atoms with Crippen LogP contribution in [-0.2, 0) is 0 Å². The highest BCUT2D eigenvalue weighted by atomic mass is 35.5. The molecule has 0 heterocycles. The lowest BCUT2D eigenvalue weighted by Gasteiger charge is -2.27. The van der Waals surface area contributed by atoms with E-state index < -0.39 is 0 Å². The minimum absolute atomic E-state index is 0.381. The van der Waals surface area contributed by atoms with Crippen LogP contribution in [0.25, 0.3) is 0 Å². The topological polar surface area (TPSA) is 21.3 Å². The van der Waals surface area contributed by atoms with Crippen molar-refractivity contribution in [1.29, 1.82) is 0 Å². The number of methoxy groups -OCH3 is 1. The molecule has 3 heteroatoms. The third kappa shape index (κ3) is 2.61. The molecule has 3 unspecified atom stereocenters. The number of rotatable bonds is 5. The van der Waals surface area contributed by atoms with Crippen molar-refractivity contribution in [2.24, 2.45) is 17.8 Å². The average Bonchev–Trinajstić information content (AvgIpc) is 3.02. The zero-order chi connectivity index (χ0) is 13.4. The minimum atomic E-state index is 0.381. The Morgan fingerprint density at radius 3 is 2.68 bits per heavy atom. The van der Waals surface area contributed by atoms with Gasteiger partial charge in [0.25, 0.3) is 0 Å². The Kier molecular flexibility index (Phi) is 3.72. The number of ether oxygens (including phenoxy) is 1. The summed E-state index contributed by atoms with van der Waals surface area (Å²) in [6, 6.07) is 6.33. The van der Waals surface area contributed by atoms with Gasteiger partial charge >= 0.3 is 0 Å². The van der Waals surface area contributed by atoms with E-state index >= 15 is 0 Å². The molecule has 1 aromatic carbocycles. The molecule has 2 aliphatic carbocycles. The smallest absolute Gasteiger partial charge is 0.123 e. The van der Waals surface area contributed by atoms with Crippen LogP contribution in [0.15, 0.2) is 18.2 Å². The molecule has 3 rings (SSSR count). The van der Waals surface area contributed by atoms with Gasteiger partial charge in [-0.1, -0.05) is 18.5 Å². The van der Waals surface area contributed by atoms with E-state index in [0.29, 0.717) is 6.04 Å². The lowest BCUT2D eigenvalue weighted by Crippen LogP contribution is -2.28. The van der Waals surface area contributed by atoms with E-state index in [1.807, 2.05) is 12.1 Å². The van der Waals surface area contributed by atoms with Crippen LogP contribution >= 0.6 is 11.6 Å². The van der Waals surface area contributed by atoms with Crippen LogP contribution in [0, 0.1) is 17.8 Å². The fraction of sp³-hybridized carbons (Fsp3) is 0.625. The first kappa shape index (κ1) is 13.3. The molecular weight excluding hydrogens is 258 g/mol. The van der Waals surface area contributed by atoms with Crippen LogP contribution in [-0.4, -0.2) is 13.7 Å². The van der Waals surface area contributed by atoms with Gasteiger partial charge in [-0.3, -0.25) is 0 Å². The Labute approximate surface area is 120 Å². The highest BCUT2D eigenvalue weighted by molar-refractivity contribution is 6.30. The molecule has 19 heavy (non-hydrogen) atoms. The third-order valence-corrected chi connectivity index (χ3v) is 4.94. The van der Waals surface area contributed by atoms with Crippen LogP contribution in [0.2, 0.25) is 5.02 Å². The zero-order valence-electron chi connectivity index (χ0n) is 11.7. The zero-order valence-corrected chi connectivity index (χ0v) is 12.4. The Morgan fingerprint density at radius 1 is 1.32 bits per heavy atom. The number of halogens is 1. The number of nitrogens with one attached hydrogen (secondary N) is 1.